The van der Waals surface area contributed by atoms with Gasteiger partial charge in [0.05, 0.1) is 27.1 Å². The van der Waals surface area contributed by atoms with Crippen LogP contribution in [0.1, 0.15) is 10.5 Å². The zero-order chi connectivity index (χ0) is 21.3. The standard InChI is InChI=1S/C21H19Cl2N5O2/c1-24-20(29)17-11-13(8-9-25-17)30-12-6-7-18-16(10-12)26-21(28(18)2)27-19-14(22)4-3-5-15(19)23/h3-11,21,26-27H,1-2H3,(H,24,29). The molecule has 1 aliphatic heterocycles. The zero-order valence-electron chi connectivity index (χ0n) is 16.2. The summed E-state index contributed by atoms with van der Waals surface area (Å²) in [6, 6.07) is 14.4. The minimum Gasteiger partial charge on any atom is -0.457 e. The third kappa shape index (κ3) is 3.94. The number of carbonyl (C=O) groups excluding carboxylic acids is 1. The predicted molar refractivity (Wildman–Crippen MR) is 120 cm³/mol. The van der Waals surface area contributed by atoms with Crippen molar-refractivity contribution in [3.63, 3.8) is 0 Å². The number of hydrogen-bond acceptors (Lipinski definition) is 6. The summed E-state index contributed by atoms with van der Waals surface area (Å²) in [6.45, 7) is 0. The van der Waals surface area contributed by atoms with Crippen LogP contribution in [-0.4, -0.2) is 31.3 Å². The van der Waals surface area contributed by atoms with Gasteiger partial charge in [-0.25, -0.2) is 0 Å². The number of pyridine rings is 1. The first kappa shape index (κ1) is 20.1. The number of nitrogens with zero attached hydrogens (tertiary/aromatic N) is 2. The highest BCUT2D eigenvalue weighted by molar-refractivity contribution is 6.39. The van der Waals surface area contributed by atoms with Crippen LogP contribution >= 0.6 is 23.2 Å². The van der Waals surface area contributed by atoms with E-state index in [1.54, 1.807) is 37.4 Å². The normalized spacial score (nSPS) is 14.7. The maximum atomic E-state index is 11.8. The van der Waals surface area contributed by atoms with Crippen molar-refractivity contribution in [2.24, 2.45) is 0 Å². The van der Waals surface area contributed by atoms with Crippen LogP contribution in [0.2, 0.25) is 10.0 Å². The molecule has 2 aromatic carbocycles. The second-order valence-electron chi connectivity index (χ2n) is 6.64. The summed E-state index contributed by atoms with van der Waals surface area (Å²) in [4.78, 5) is 17.9. The maximum Gasteiger partial charge on any atom is 0.269 e. The molecular weight excluding hydrogens is 425 g/mol. The number of carbonyl (C=O) groups is 1. The van der Waals surface area contributed by atoms with E-state index in [4.69, 9.17) is 27.9 Å². The number of nitrogens with one attached hydrogen (secondary N) is 3. The van der Waals surface area contributed by atoms with Crippen molar-refractivity contribution in [2.45, 2.75) is 6.29 Å². The number of para-hydroxylation sites is 1. The van der Waals surface area contributed by atoms with Crippen LogP contribution in [0, 0.1) is 0 Å². The first-order valence-corrected chi connectivity index (χ1v) is 9.92. The van der Waals surface area contributed by atoms with Crippen molar-refractivity contribution in [1.82, 2.24) is 10.3 Å². The van der Waals surface area contributed by atoms with Gasteiger partial charge in [-0.05, 0) is 30.3 Å². The van der Waals surface area contributed by atoms with Crippen molar-refractivity contribution >= 4 is 46.2 Å². The molecule has 0 spiro atoms. The molecule has 1 amide bonds. The van der Waals surface area contributed by atoms with E-state index in [9.17, 15) is 4.79 Å². The summed E-state index contributed by atoms with van der Waals surface area (Å²) in [7, 11) is 3.51. The zero-order valence-corrected chi connectivity index (χ0v) is 17.8. The van der Waals surface area contributed by atoms with Crippen molar-refractivity contribution in [3.05, 3.63) is 70.5 Å². The predicted octanol–water partition coefficient (Wildman–Crippen LogP) is 4.80. The van der Waals surface area contributed by atoms with Gasteiger partial charge in [0.25, 0.3) is 5.91 Å². The van der Waals surface area contributed by atoms with Crippen LogP contribution < -0.4 is 25.6 Å². The molecule has 0 fully saturated rings. The van der Waals surface area contributed by atoms with Gasteiger partial charge in [0.15, 0.2) is 6.29 Å². The van der Waals surface area contributed by atoms with Crippen molar-refractivity contribution in [3.8, 4) is 11.5 Å². The summed E-state index contributed by atoms with van der Waals surface area (Å²) >= 11 is 12.6. The fourth-order valence-electron chi connectivity index (χ4n) is 3.15. The molecule has 4 rings (SSSR count). The van der Waals surface area contributed by atoms with Crippen LogP contribution in [0.5, 0.6) is 11.5 Å². The molecule has 1 atom stereocenters. The quantitative estimate of drug-likeness (QED) is 0.525. The molecule has 3 N–H and O–H groups in total. The Morgan fingerprint density at radius 1 is 1.13 bits per heavy atom. The highest BCUT2D eigenvalue weighted by Crippen LogP contribution is 2.39. The van der Waals surface area contributed by atoms with Gasteiger partial charge in [0.1, 0.15) is 17.2 Å². The molecule has 30 heavy (non-hydrogen) atoms. The number of aromatic nitrogens is 1. The number of fused-ring (bicyclic) bond motifs is 1. The van der Waals surface area contributed by atoms with E-state index in [-0.39, 0.29) is 17.9 Å². The van der Waals surface area contributed by atoms with Crippen LogP contribution in [0.25, 0.3) is 0 Å². The van der Waals surface area contributed by atoms with E-state index in [0.29, 0.717) is 27.2 Å². The monoisotopic (exact) mass is 443 g/mol. The molecule has 1 aliphatic rings. The topological polar surface area (TPSA) is 78.5 Å². The number of hydrogen-bond donors (Lipinski definition) is 3. The molecule has 7 nitrogen and oxygen atoms in total. The first-order valence-electron chi connectivity index (χ1n) is 9.16. The van der Waals surface area contributed by atoms with E-state index >= 15 is 0 Å². The Morgan fingerprint density at radius 3 is 2.60 bits per heavy atom. The molecule has 9 heteroatoms. The number of anilines is 3. The maximum absolute atomic E-state index is 11.8. The number of ether oxygens (including phenoxy) is 1. The molecule has 1 aromatic heterocycles. The van der Waals surface area contributed by atoms with Crippen LogP contribution in [0.4, 0.5) is 17.1 Å². The Bertz CT molecular complexity index is 1090. The van der Waals surface area contributed by atoms with Gasteiger partial charge in [-0.1, -0.05) is 29.3 Å². The highest BCUT2D eigenvalue weighted by atomic mass is 35.5. The smallest absolute Gasteiger partial charge is 0.269 e. The number of benzene rings is 2. The number of amides is 1. The fourth-order valence-corrected chi connectivity index (χ4v) is 3.66. The van der Waals surface area contributed by atoms with Crippen LogP contribution in [0.15, 0.2) is 54.7 Å². The molecule has 0 bridgehead atoms. The van der Waals surface area contributed by atoms with E-state index in [1.807, 2.05) is 30.1 Å². The highest BCUT2D eigenvalue weighted by Gasteiger charge is 2.27. The molecule has 3 aromatic rings. The van der Waals surface area contributed by atoms with Crippen LogP contribution in [0.3, 0.4) is 0 Å². The fraction of sp³-hybridized carbons (Fsp3) is 0.143. The Kier molecular flexibility index (Phi) is 5.57. The van der Waals surface area contributed by atoms with Crippen molar-refractivity contribution in [1.29, 1.82) is 0 Å². The Morgan fingerprint density at radius 2 is 1.87 bits per heavy atom. The average molecular weight is 444 g/mol. The molecule has 0 aliphatic carbocycles. The number of rotatable bonds is 5. The molecule has 0 saturated carbocycles. The lowest BCUT2D eigenvalue weighted by molar-refractivity contribution is 0.0958. The number of halogens is 2. The van der Waals surface area contributed by atoms with Gasteiger partial charge in [0.2, 0.25) is 0 Å². The second kappa shape index (κ2) is 8.30. The van der Waals surface area contributed by atoms with Gasteiger partial charge in [-0.15, -0.1) is 0 Å². The van der Waals surface area contributed by atoms with Gasteiger partial charge >= 0.3 is 0 Å². The third-order valence-electron chi connectivity index (χ3n) is 4.70. The van der Waals surface area contributed by atoms with Gasteiger partial charge in [0, 0.05) is 32.4 Å². The van der Waals surface area contributed by atoms with E-state index < -0.39 is 0 Å². The average Bonchev–Trinajstić information content (AvgIpc) is 3.05. The lowest BCUT2D eigenvalue weighted by atomic mass is 10.2. The Balaban J connectivity index is 1.52. The molecule has 1 unspecified atom stereocenters. The molecule has 0 radical (unpaired) electrons. The van der Waals surface area contributed by atoms with Crippen molar-refractivity contribution < 1.29 is 9.53 Å². The van der Waals surface area contributed by atoms with E-state index in [1.165, 1.54) is 6.20 Å². The lowest BCUT2D eigenvalue weighted by Gasteiger charge is -2.25. The molecule has 0 saturated heterocycles. The van der Waals surface area contributed by atoms with Gasteiger partial charge < -0.3 is 25.6 Å². The first-order chi connectivity index (χ1) is 14.5. The summed E-state index contributed by atoms with van der Waals surface area (Å²) < 4.78 is 5.92. The SMILES string of the molecule is CNC(=O)c1cc(Oc2ccc3c(c2)NC(Nc2c(Cl)cccc2Cl)N3C)ccn1. The minimum atomic E-state index is -0.273. The largest absolute Gasteiger partial charge is 0.457 e. The Hall–Kier alpha value is -3.16. The lowest BCUT2D eigenvalue weighted by Crippen LogP contribution is -2.39. The Labute approximate surface area is 184 Å². The summed E-state index contributed by atoms with van der Waals surface area (Å²) in [5.74, 6) is 0.873. The van der Waals surface area contributed by atoms with Crippen molar-refractivity contribution in [2.75, 3.05) is 29.6 Å². The summed E-state index contributed by atoms with van der Waals surface area (Å²) in [5, 5.41) is 10.4. The molecular formula is C21H19Cl2N5O2. The van der Waals surface area contributed by atoms with E-state index in [2.05, 4.69) is 20.9 Å². The molecule has 2 heterocycles. The van der Waals surface area contributed by atoms with Gasteiger partial charge in [-0.2, -0.15) is 0 Å². The summed E-state index contributed by atoms with van der Waals surface area (Å²) in [5.41, 5.74) is 2.82. The third-order valence-corrected chi connectivity index (χ3v) is 5.33. The second-order valence-corrected chi connectivity index (χ2v) is 7.45. The molecule has 154 valence electrons. The van der Waals surface area contributed by atoms with E-state index in [0.717, 1.165) is 11.4 Å². The summed E-state index contributed by atoms with van der Waals surface area (Å²) in [6.07, 6.45) is 1.29. The van der Waals surface area contributed by atoms with Crippen LogP contribution in [-0.2, 0) is 0 Å². The minimum absolute atomic E-state index is 0.242. The van der Waals surface area contributed by atoms with Gasteiger partial charge in [-0.3, -0.25) is 9.78 Å².